The number of rotatable bonds is 4. The van der Waals surface area contributed by atoms with E-state index >= 15 is 0 Å². The first-order valence-electron chi connectivity index (χ1n) is 6.79. The average Bonchev–Trinajstić information content (AvgIpc) is 2.54. The number of carboxylic acids is 1. The van der Waals surface area contributed by atoms with Crippen molar-refractivity contribution in [2.75, 3.05) is 0 Å². The van der Waals surface area contributed by atoms with E-state index in [1.807, 2.05) is 48.5 Å². The summed E-state index contributed by atoms with van der Waals surface area (Å²) in [6, 6.07) is 17.2. The lowest BCUT2D eigenvalue weighted by atomic mass is 10.1. The fourth-order valence-electron chi connectivity index (χ4n) is 1.89. The van der Waals surface area contributed by atoms with Crippen LogP contribution in [0.3, 0.4) is 0 Å². The number of benzene rings is 2. The maximum Gasteiger partial charge on any atom is 0.326 e. The number of amides is 1. The lowest BCUT2D eigenvalue weighted by Crippen LogP contribution is -2.41. The standard InChI is InChI=1S/C18H15NO3/c20-17(12-11-14-7-3-1-4-8-14)19-16(18(21)22)13-15-9-5-2-6-10-15/h1-10,16H,13H2,(H,19,20)(H,21,22)/t16-/m0/s1. The number of carbonyl (C=O) groups excluding carboxylic acids is 1. The number of carboxylic acid groups (broad SMARTS) is 1. The lowest BCUT2D eigenvalue weighted by Gasteiger charge is -2.12. The molecule has 22 heavy (non-hydrogen) atoms. The molecule has 1 amide bonds. The molecular weight excluding hydrogens is 278 g/mol. The van der Waals surface area contributed by atoms with E-state index in [4.69, 9.17) is 0 Å². The molecule has 0 unspecified atom stereocenters. The van der Waals surface area contributed by atoms with Crippen molar-refractivity contribution < 1.29 is 14.7 Å². The van der Waals surface area contributed by atoms with E-state index in [1.54, 1.807) is 12.1 Å². The molecule has 0 fully saturated rings. The van der Waals surface area contributed by atoms with E-state index in [0.717, 1.165) is 5.56 Å². The first-order chi connectivity index (χ1) is 10.6. The van der Waals surface area contributed by atoms with E-state index in [-0.39, 0.29) is 6.42 Å². The van der Waals surface area contributed by atoms with Crippen LogP contribution in [0.4, 0.5) is 0 Å². The highest BCUT2D eigenvalue weighted by Crippen LogP contribution is 2.03. The Morgan fingerprint density at radius 3 is 2.18 bits per heavy atom. The molecule has 0 aliphatic carbocycles. The van der Waals surface area contributed by atoms with Gasteiger partial charge in [-0.05, 0) is 17.7 Å². The maximum absolute atomic E-state index is 11.8. The van der Waals surface area contributed by atoms with Crippen LogP contribution in [-0.2, 0) is 16.0 Å². The highest BCUT2D eigenvalue weighted by Gasteiger charge is 2.19. The van der Waals surface area contributed by atoms with Gasteiger partial charge in [0, 0.05) is 17.9 Å². The van der Waals surface area contributed by atoms with Crippen molar-refractivity contribution in [2.45, 2.75) is 12.5 Å². The van der Waals surface area contributed by atoms with Crippen LogP contribution in [0.2, 0.25) is 0 Å². The molecule has 2 aromatic rings. The minimum Gasteiger partial charge on any atom is -0.480 e. The molecule has 0 aromatic heterocycles. The number of hydrogen-bond donors (Lipinski definition) is 2. The van der Waals surface area contributed by atoms with Crippen molar-refractivity contribution in [3.05, 3.63) is 71.8 Å². The van der Waals surface area contributed by atoms with Gasteiger partial charge in [-0.3, -0.25) is 4.79 Å². The summed E-state index contributed by atoms with van der Waals surface area (Å²) in [5, 5.41) is 11.6. The molecule has 0 radical (unpaired) electrons. The van der Waals surface area contributed by atoms with Gasteiger partial charge in [-0.1, -0.05) is 54.5 Å². The molecule has 2 rings (SSSR count). The normalized spacial score (nSPS) is 10.9. The highest BCUT2D eigenvalue weighted by molar-refractivity contribution is 5.96. The summed E-state index contributed by atoms with van der Waals surface area (Å²) < 4.78 is 0. The number of nitrogens with one attached hydrogen (secondary N) is 1. The molecule has 1 atom stereocenters. The van der Waals surface area contributed by atoms with Crippen molar-refractivity contribution in [1.82, 2.24) is 5.32 Å². The van der Waals surface area contributed by atoms with E-state index < -0.39 is 17.9 Å². The summed E-state index contributed by atoms with van der Waals surface area (Å²) in [4.78, 5) is 23.0. The fourth-order valence-corrected chi connectivity index (χ4v) is 1.89. The monoisotopic (exact) mass is 293 g/mol. The predicted molar refractivity (Wildman–Crippen MR) is 83.0 cm³/mol. The molecule has 4 nitrogen and oxygen atoms in total. The largest absolute Gasteiger partial charge is 0.480 e. The third-order valence-corrected chi connectivity index (χ3v) is 2.98. The average molecular weight is 293 g/mol. The number of hydrogen-bond acceptors (Lipinski definition) is 2. The van der Waals surface area contributed by atoms with Crippen LogP contribution in [0.25, 0.3) is 0 Å². The molecule has 0 heterocycles. The van der Waals surface area contributed by atoms with Gasteiger partial charge in [0.15, 0.2) is 0 Å². The Morgan fingerprint density at radius 2 is 1.59 bits per heavy atom. The zero-order chi connectivity index (χ0) is 15.8. The summed E-state index contributed by atoms with van der Waals surface area (Å²) in [6.07, 6.45) is 0.217. The molecule has 110 valence electrons. The smallest absolute Gasteiger partial charge is 0.326 e. The molecule has 0 aliphatic rings. The fraction of sp³-hybridized carbons (Fsp3) is 0.111. The Kier molecular flexibility index (Phi) is 5.33. The van der Waals surface area contributed by atoms with Gasteiger partial charge in [-0.15, -0.1) is 0 Å². The molecule has 0 aliphatic heterocycles. The minimum atomic E-state index is -1.08. The second-order valence-electron chi connectivity index (χ2n) is 4.67. The summed E-state index contributed by atoms with van der Waals surface area (Å²) in [5.41, 5.74) is 1.54. The van der Waals surface area contributed by atoms with Crippen molar-refractivity contribution in [1.29, 1.82) is 0 Å². The van der Waals surface area contributed by atoms with E-state index in [2.05, 4.69) is 17.2 Å². The summed E-state index contributed by atoms with van der Waals surface area (Å²) >= 11 is 0. The van der Waals surface area contributed by atoms with Crippen LogP contribution in [0.15, 0.2) is 60.7 Å². The second kappa shape index (κ2) is 7.65. The van der Waals surface area contributed by atoms with Gasteiger partial charge in [0.05, 0.1) is 0 Å². The Morgan fingerprint density at radius 1 is 1.00 bits per heavy atom. The Hall–Kier alpha value is -3.06. The first-order valence-corrected chi connectivity index (χ1v) is 6.79. The zero-order valence-corrected chi connectivity index (χ0v) is 11.8. The van der Waals surface area contributed by atoms with Crippen LogP contribution < -0.4 is 5.32 Å². The molecule has 4 heteroatoms. The molecule has 2 N–H and O–H groups in total. The topological polar surface area (TPSA) is 66.4 Å². The Balaban J connectivity index is 2.01. The van der Waals surface area contributed by atoms with E-state index in [0.29, 0.717) is 5.56 Å². The van der Waals surface area contributed by atoms with Crippen molar-refractivity contribution in [3.8, 4) is 11.8 Å². The van der Waals surface area contributed by atoms with Crippen LogP contribution in [-0.4, -0.2) is 23.0 Å². The summed E-state index contributed by atoms with van der Waals surface area (Å²) in [5.74, 6) is 3.42. The predicted octanol–water partition coefficient (Wildman–Crippen LogP) is 1.85. The second-order valence-corrected chi connectivity index (χ2v) is 4.67. The summed E-state index contributed by atoms with van der Waals surface area (Å²) in [6.45, 7) is 0. The van der Waals surface area contributed by atoms with Crippen LogP contribution in [0.1, 0.15) is 11.1 Å². The molecular formula is C18H15NO3. The van der Waals surface area contributed by atoms with Gasteiger partial charge in [0.2, 0.25) is 0 Å². The molecule has 0 saturated heterocycles. The van der Waals surface area contributed by atoms with E-state index in [9.17, 15) is 14.7 Å². The first kappa shape index (κ1) is 15.3. The molecule has 0 bridgehead atoms. The highest BCUT2D eigenvalue weighted by atomic mass is 16.4. The van der Waals surface area contributed by atoms with Crippen molar-refractivity contribution in [2.24, 2.45) is 0 Å². The van der Waals surface area contributed by atoms with Gasteiger partial charge in [0.25, 0.3) is 5.91 Å². The Labute approximate surface area is 128 Å². The third-order valence-electron chi connectivity index (χ3n) is 2.98. The Bertz CT molecular complexity index is 699. The number of aliphatic carboxylic acids is 1. The zero-order valence-electron chi connectivity index (χ0n) is 11.8. The van der Waals surface area contributed by atoms with Crippen LogP contribution >= 0.6 is 0 Å². The van der Waals surface area contributed by atoms with Crippen molar-refractivity contribution >= 4 is 11.9 Å². The third kappa shape index (κ3) is 4.80. The SMILES string of the molecule is O=C(C#Cc1ccccc1)N[C@@H](Cc1ccccc1)C(=O)O. The quantitative estimate of drug-likeness (QED) is 0.845. The van der Waals surface area contributed by atoms with Crippen LogP contribution in [0.5, 0.6) is 0 Å². The van der Waals surface area contributed by atoms with Gasteiger partial charge in [-0.25, -0.2) is 4.79 Å². The minimum absolute atomic E-state index is 0.217. The van der Waals surface area contributed by atoms with Crippen LogP contribution in [0, 0.1) is 11.8 Å². The molecule has 2 aromatic carbocycles. The van der Waals surface area contributed by atoms with Gasteiger partial charge in [0.1, 0.15) is 6.04 Å². The van der Waals surface area contributed by atoms with Gasteiger partial charge < -0.3 is 10.4 Å². The van der Waals surface area contributed by atoms with Crippen molar-refractivity contribution in [3.63, 3.8) is 0 Å². The van der Waals surface area contributed by atoms with Gasteiger partial charge >= 0.3 is 5.97 Å². The van der Waals surface area contributed by atoms with E-state index in [1.165, 1.54) is 0 Å². The maximum atomic E-state index is 11.8. The molecule has 0 saturated carbocycles. The number of carbonyl (C=O) groups is 2. The van der Waals surface area contributed by atoms with Gasteiger partial charge in [-0.2, -0.15) is 0 Å². The summed E-state index contributed by atoms with van der Waals surface area (Å²) in [7, 11) is 0. The molecule has 0 spiro atoms. The lowest BCUT2D eigenvalue weighted by molar-refractivity contribution is -0.141.